The summed E-state index contributed by atoms with van der Waals surface area (Å²) in [6, 6.07) is 7.59. The first kappa shape index (κ1) is 19.0. The molecular formula is C21H33N3O2. The zero-order valence-electron chi connectivity index (χ0n) is 16.2. The fourth-order valence-corrected chi connectivity index (χ4v) is 4.14. The lowest BCUT2D eigenvalue weighted by Gasteiger charge is -2.37. The summed E-state index contributed by atoms with van der Waals surface area (Å²) in [5, 5.41) is 3.00. The second-order valence-corrected chi connectivity index (χ2v) is 7.82. The third-order valence-electron chi connectivity index (χ3n) is 5.58. The van der Waals surface area contributed by atoms with Gasteiger partial charge in [0.2, 0.25) is 0 Å². The average molecular weight is 360 g/mol. The number of rotatable bonds is 5. The first-order chi connectivity index (χ1) is 12.6. The normalized spacial score (nSPS) is 22.2. The lowest BCUT2D eigenvalue weighted by molar-refractivity contribution is 0.125. The Morgan fingerprint density at radius 3 is 2.54 bits per heavy atom. The van der Waals surface area contributed by atoms with Crippen molar-refractivity contribution in [3.63, 3.8) is 0 Å². The van der Waals surface area contributed by atoms with Gasteiger partial charge in [-0.1, -0.05) is 6.92 Å². The number of hydrogen-bond acceptors (Lipinski definition) is 3. The summed E-state index contributed by atoms with van der Waals surface area (Å²) >= 11 is 0. The van der Waals surface area contributed by atoms with E-state index in [1.54, 1.807) is 0 Å². The van der Waals surface area contributed by atoms with E-state index in [0.29, 0.717) is 6.61 Å². The van der Waals surface area contributed by atoms with Gasteiger partial charge in [0.1, 0.15) is 5.75 Å². The second-order valence-electron chi connectivity index (χ2n) is 7.82. The van der Waals surface area contributed by atoms with Crippen LogP contribution in [0.3, 0.4) is 0 Å². The Labute approximate surface area is 157 Å². The number of carbonyl (C=O) groups is 1. The van der Waals surface area contributed by atoms with Crippen LogP contribution in [0.25, 0.3) is 0 Å². The Kier molecular flexibility index (Phi) is 6.78. The molecule has 0 aliphatic carbocycles. The molecule has 0 saturated carbocycles. The predicted molar refractivity (Wildman–Crippen MR) is 106 cm³/mol. The number of urea groups is 1. The van der Waals surface area contributed by atoms with E-state index in [0.717, 1.165) is 49.2 Å². The van der Waals surface area contributed by atoms with Gasteiger partial charge in [0.25, 0.3) is 0 Å². The lowest BCUT2D eigenvalue weighted by atomic mass is 9.94. The molecule has 2 aliphatic heterocycles. The van der Waals surface area contributed by atoms with E-state index in [1.165, 1.54) is 32.5 Å². The van der Waals surface area contributed by atoms with E-state index >= 15 is 0 Å². The van der Waals surface area contributed by atoms with Crippen molar-refractivity contribution in [1.82, 2.24) is 9.80 Å². The van der Waals surface area contributed by atoms with Gasteiger partial charge in [-0.3, -0.25) is 0 Å². The minimum absolute atomic E-state index is 0.0132. The van der Waals surface area contributed by atoms with Crippen LogP contribution in [0.1, 0.15) is 39.5 Å². The Balaban J connectivity index is 1.41. The minimum atomic E-state index is 0.0132. The van der Waals surface area contributed by atoms with E-state index < -0.39 is 0 Å². The van der Waals surface area contributed by atoms with E-state index in [2.05, 4.69) is 17.1 Å². The highest BCUT2D eigenvalue weighted by Gasteiger charge is 2.25. The number of ether oxygens (including phenoxy) is 1. The smallest absolute Gasteiger partial charge is 0.321 e. The van der Waals surface area contributed by atoms with E-state index in [4.69, 9.17) is 4.74 Å². The molecule has 3 rings (SSSR count). The number of nitrogens with one attached hydrogen (secondary N) is 1. The molecule has 2 saturated heterocycles. The predicted octanol–water partition coefficient (Wildman–Crippen LogP) is 4.06. The fraction of sp³-hybridized carbons (Fsp3) is 0.667. The molecule has 0 bridgehead atoms. The van der Waals surface area contributed by atoms with Crippen LogP contribution in [0.4, 0.5) is 10.5 Å². The first-order valence-corrected chi connectivity index (χ1v) is 10.1. The molecule has 2 aliphatic rings. The zero-order valence-corrected chi connectivity index (χ0v) is 16.2. The van der Waals surface area contributed by atoms with Crippen LogP contribution in [0, 0.1) is 11.8 Å². The highest BCUT2D eigenvalue weighted by molar-refractivity contribution is 5.89. The Hall–Kier alpha value is -1.75. The fourth-order valence-electron chi connectivity index (χ4n) is 4.14. The molecule has 1 aromatic carbocycles. The number of hydrogen-bond donors (Lipinski definition) is 1. The van der Waals surface area contributed by atoms with Crippen LogP contribution in [-0.4, -0.2) is 55.2 Å². The van der Waals surface area contributed by atoms with Crippen molar-refractivity contribution >= 4 is 11.7 Å². The van der Waals surface area contributed by atoms with Crippen LogP contribution in [-0.2, 0) is 0 Å². The Morgan fingerprint density at radius 1 is 1.15 bits per heavy atom. The molecule has 5 heteroatoms. The summed E-state index contributed by atoms with van der Waals surface area (Å²) in [5.74, 6) is 2.40. The quantitative estimate of drug-likeness (QED) is 0.862. The standard InChI is InChI=1S/C21H33N3O2/c1-3-26-20-8-6-19(7-9-20)22-21(25)24-13-10-18(11-14-24)16-23-12-4-5-17(2)15-23/h6-9,17-18H,3-5,10-16H2,1-2H3,(H,22,25). The largest absolute Gasteiger partial charge is 0.494 e. The summed E-state index contributed by atoms with van der Waals surface area (Å²) in [5.41, 5.74) is 0.822. The third kappa shape index (κ3) is 5.37. The number of likely N-dealkylation sites (tertiary alicyclic amines) is 2. The SMILES string of the molecule is CCOc1ccc(NC(=O)N2CCC(CN3CCCC(C)C3)CC2)cc1. The van der Waals surface area contributed by atoms with Crippen molar-refractivity contribution in [1.29, 1.82) is 0 Å². The summed E-state index contributed by atoms with van der Waals surface area (Å²) in [7, 11) is 0. The topological polar surface area (TPSA) is 44.8 Å². The summed E-state index contributed by atoms with van der Waals surface area (Å²) in [6.07, 6.45) is 4.94. The van der Waals surface area contributed by atoms with Gasteiger partial charge in [-0.2, -0.15) is 0 Å². The number of anilines is 1. The summed E-state index contributed by atoms with van der Waals surface area (Å²) in [4.78, 5) is 17.1. The monoisotopic (exact) mass is 359 g/mol. The van der Waals surface area contributed by atoms with Crippen LogP contribution in [0.15, 0.2) is 24.3 Å². The Bertz CT molecular complexity index is 567. The highest BCUT2D eigenvalue weighted by Crippen LogP contribution is 2.23. The zero-order chi connectivity index (χ0) is 18.4. The van der Waals surface area contributed by atoms with Crippen molar-refractivity contribution < 1.29 is 9.53 Å². The molecule has 2 heterocycles. The maximum absolute atomic E-state index is 12.5. The van der Waals surface area contributed by atoms with E-state index in [1.807, 2.05) is 36.1 Å². The van der Waals surface area contributed by atoms with Crippen molar-refractivity contribution in [2.24, 2.45) is 11.8 Å². The third-order valence-corrected chi connectivity index (χ3v) is 5.58. The Morgan fingerprint density at radius 2 is 1.88 bits per heavy atom. The number of nitrogens with zero attached hydrogens (tertiary/aromatic N) is 2. The molecule has 2 fully saturated rings. The number of piperidine rings is 2. The average Bonchev–Trinajstić information content (AvgIpc) is 2.64. The molecule has 0 radical (unpaired) electrons. The van der Waals surface area contributed by atoms with E-state index in [9.17, 15) is 4.79 Å². The van der Waals surface area contributed by atoms with Gasteiger partial charge in [-0.15, -0.1) is 0 Å². The number of benzene rings is 1. The van der Waals surface area contributed by atoms with Crippen molar-refractivity contribution in [2.75, 3.05) is 44.6 Å². The molecule has 1 aromatic rings. The lowest BCUT2D eigenvalue weighted by Crippen LogP contribution is -2.44. The molecule has 0 aromatic heterocycles. The van der Waals surface area contributed by atoms with Crippen molar-refractivity contribution in [3.8, 4) is 5.75 Å². The summed E-state index contributed by atoms with van der Waals surface area (Å²) in [6.45, 7) is 10.4. The molecule has 5 nitrogen and oxygen atoms in total. The second kappa shape index (κ2) is 9.26. The van der Waals surface area contributed by atoms with Gasteiger partial charge in [0.15, 0.2) is 0 Å². The van der Waals surface area contributed by atoms with Gasteiger partial charge in [-0.05, 0) is 75.3 Å². The van der Waals surface area contributed by atoms with Gasteiger partial charge >= 0.3 is 6.03 Å². The maximum atomic E-state index is 12.5. The molecule has 0 spiro atoms. The molecule has 1 atom stereocenters. The van der Waals surface area contributed by atoms with Gasteiger partial charge in [-0.25, -0.2) is 4.79 Å². The molecule has 144 valence electrons. The maximum Gasteiger partial charge on any atom is 0.321 e. The van der Waals surface area contributed by atoms with Crippen molar-refractivity contribution in [2.45, 2.75) is 39.5 Å². The first-order valence-electron chi connectivity index (χ1n) is 10.1. The van der Waals surface area contributed by atoms with Crippen LogP contribution in [0.2, 0.25) is 0 Å². The minimum Gasteiger partial charge on any atom is -0.494 e. The molecule has 26 heavy (non-hydrogen) atoms. The van der Waals surface area contributed by atoms with Gasteiger partial charge in [0.05, 0.1) is 6.61 Å². The number of carbonyl (C=O) groups excluding carboxylic acids is 1. The molecule has 1 N–H and O–H groups in total. The van der Waals surface area contributed by atoms with Crippen LogP contribution in [0.5, 0.6) is 5.75 Å². The van der Waals surface area contributed by atoms with Gasteiger partial charge < -0.3 is 19.9 Å². The molecular weight excluding hydrogens is 326 g/mol. The van der Waals surface area contributed by atoms with Gasteiger partial charge in [0, 0.05) is 31.9 Å². The van der Waals surface area contributed by atoms with Crippen LogP contribution >= 0.6 is 0 Å². The van der Waals surface area contributed by atoms with E-state index in [-0.39, 0.29) is 6.03 Å². The van der Waals surface area contributed by atoms with Crippen molar-refractivity contribution in [3.05, 3.63) is 24.3 Å². The van der Waals surface area contributed by atoms with Crippen LogP contribution < -0.4 is 10.1 Å². The highest BCUT2D eigenvalue weighted by atomic mass is 16.5. The molecule has 1 unspecified atom stereocenters. The summed E-state index contributed by atoms with van der Waals surface area (Å²) < 4.78 is 5.44. The number of amides is 2. The molecule has 2 amide bonds.